The molecule has 1 aromatic heterocycles. The summed E-state index contributed by atoms with van der Waals surface area (Å²) in [6.07, 6.45) is 6.77. The van der Waals surface area contributed by atoms with Gasteiger partial charge in [0.25, 0.3) is 0 Å². The third-order valence-corrected chi connectivity index (χ3v) is 6.62. The van der Waals surface area contributed by atoms with Gasteiger partial charge < -0.3 is 9.30 Å². The van der Waals surface area contributed by atoms with E-state index in [2.05, 4.69) is 60.9 Å². The molecule has 1 heterocycles. The molecule has 4 rings (SSSR count). The van der Waals surface area contributed by atoms with Crippen LogP contribution in [0, 0.1) is 0 Å². The van der Waals surface area contributed by atoms with Crippen molar-refractivity contribution in [2.24, 2.45) is 0 Å². The van der Waals surface area contributed by atoms with E-state index in [-0.39, 0.29) is 5.97 Å². The number of ether oxygens (including phenoxy) is 1. The van der Waals surface area contributed by atoms with Gasteiger partial charge in [-0.25, -0.2) is 9.78 Å². The number of aromatic nitrogens is 2. The standard InChI is InChI=1S/C33H40N2O2/c1-6-8-12-24-18-21-29-30(22-24)35(31(34-29)15-9-7-2)23-25-16-19-26(20-17-25)27-13-10-11-14-28(27)32(36)37-33(3,4)5/h10-11,13-14,16-22H,6-9,12,15,23H2,1-5H3. The van der Waals surface area contributed by atoms with Gasteiger partial charge in [-0.1, -0.05) is 75.2 Å². The van der Waals surface area contributed by atoms with E-state index >= 15 is 0 Å². The van der Waals surface area contributed by atoms with Crippen LogP contribution in [0.2, 0.25) is 0 Å². The first kappa shape index (κ1) is 26.7. The van der Waals surface area contributed by atoms with Gasteiger partial charge in [-0.05, 0) is 80.5 Å². The van der Waals surface area contributed by atoms with E-state index in [4.69, 9.17) is 9.72 Å². The number of fused-ring (bicyclic) bond motifs is 1. The summed E-state index contributed by atoms with van der Waals surface area (Å²) in [5, 5.41) is 0. The number of hydrogen-bond donors (Lipinski definition) is 0. The summed E-state index contributed by atoms with van der Waals surface area (Å²) in [5.41, 5.74) is 6.85. The van der Waals surface area contributed by atoms with Gasteiger partial charge in [0.15, 0.2) is 0 Å². The van der Waals surface area contributed by atoms with Crippen LogP contribution in [0.4, 0.5) is 0 Å². The summed E-state index contributed by atoms with van der Waals surface area (Å²) in [6.45, 7) is 10.9. The molecular weight excluding hydrogens is 456 g/mol. The summed E-state index contributed by atoms with van der Waals surface area (Å²) in [4.78, 5) is 17.8. The van der Waals surface area contributed by atoms with Gasteiger partial charge in [0.05, 0.1) is 16.6 Å². The molecule has 0 radical (unpaired) electrons. The molecule has 4 aromatic rings. The second kappa shape index (κ2) is 11.8. The summed E-state index contributed by atoms with van der Waals surface area (Å²) in [7, 11) is 0. The number of rotatable bonds is 10. The minimum atomic E-state index is -0.534. The number of esters is 1. The highest BCUT2D eigenvalue weighted by Gasteiger charge is 2.20. The average Bonchev–Trinajstić information content (AvgIpc) is 3.22. The van der Waals surface area contributed by atoms with Gasteiger partial charge in [0.1, 0.15) is 11.4 Å². The van der Waals surface area contributed by atoms with Crippen LogP contribution in [0.3, 0.4) is 0 Å². The van der Waals surface area contributed by atoms with Gasteiger partial charge in [-0.2, -0.15) is 0 Å². The maximum absolute atomic E-state index is 12.8. The van der Waals surface area contributed by atoms with Crippen molar-refractivity contribution >= 4 is 17.0 Å². The number of aryl methyl sites for hydroxylation is 2. The van der Waals surface area contributed by atoms with Crippen molar-refractivity contribution in [2.75, 3.05) is 0 Å². The van der Waals surface area contributed by atoms with E-state index in [1.165, 1.54) is 29.5 Å². The molecule has 0 aliphatic carbocycles. The Morgan fingerprint density at radius 3 is 2.24 bits per heavy atom. The second-order valence-electron chi connectivity index (χ2n) is 10.9. The molecule has 0 unspecified atom stereocenters. The molecule has 4 nitrogen and oxygen atoms in total. The van der Waals surface area contributed by atoms with E-state index < -0.39 is 5.60 Å². The molecule has 0 amide bonds. The lowest BCUT2D eigenvalue weighted by Gasteiger charge is -2.20. The van der Waals surface area contributed by atoms with Crippen LogP contribution < -0.4 is 0 Å². The molecule has 4 heteroatoms. The molecule has 37 heavy (non-hydrogen) atoms. The number of nitrogens with zero attached hydrogens (tertiary/aromatic N) is 2. The van der Waals surface area contributed by atoms with Crippen LogP contribution in [-0.4, -0.2) is 21.1 Å². The Labute approximate surface area is 221 Å². The number of carbonyl (C=O) groups is 1. The molecule has 0 aliphatic rings. The van der Waals surface area contributed by atoms with E-state index in [0.717, 1.165) is 54.7 Å². The van der Waals surface area contributed by atoms with Crippen molar-refractivity contribution in [2.45, 2.75) is 85.3 Å². The van der Waals surface area contributed by atoms with Gasteiger partial charge in [-0.15, -0.1) is 0 Å². The predicted octanol–water partition coefficient (Wildman–Crippen LogP) is 8.39. The quantitative estimate of drug-likeness (QED) is 0.207. The first-order chi connectivity index (χ1) is 17.8. The van der Waals surface area contributed by atoms with Crippen LogP contribution in [0.5, 0.6) is 0 Å². The molecule has 0 spiro atoms. The maximum atomic E-state index is 12.8. The third-order valence-electron chi connectivity index (χ3n) is 6.62. The highest BCUT2D eigenvalue weighted by molar-refractivity contribution is 5.97. The first-order valence-electron chi connectivity index (χ1n) is 13.7. The molecule has 3 aromatic carbocycles. The highest BCUT2D eigenvalue weighted by atomic mass is 16.6. The number of imidazole rings is 1. The number of benzene rings is 3. The highest BCUT2D eigenvalue weighted by Crippen LogP contribution is 2.27. The van der Waals surface area contributed by atoms with Gasteiger partial charge >= 0.3 is 5.97 Å². The average molecular weight is 497 g/mol. The van der Waals surface area contributed by atoms with E-state index in [1.54, 1.807) is 0 Å². The molecule has 0 N–H and O–H groups in total. The fourth-order valence-electron chi connectivity index (χ4n) is 4.67. The lowest BCUT2D eigenvalue weighted by atomic mass is 9.98. The number of carbonyl (C=O) groups excluding carboxylic acids is 1. The van der Waals surface area contributed by atoms with Gasteiger partial charge in [0.2, 0.25) is 0 Å². The predicted molar refractivity (Wildman–Crippen MR) is 153 cm³/mol. The zero-order valence-electron chi connectivity index (χ0n) is 23.0. The first-order valence-corrected chi connectivity index (χ1v) is 13.7. The normalized spacial score (nSPS) is 11.7. The minimum absolute atomic E-state index is 0.295. The van der Waals surface area contributed by atoms with Crippen molar-refractivity contribution in [3.8, 4) is 11.1 Å². The molecule has 0 saturated heterocycles. The summed E-state index contributed by atoms with van der Waals surface area (Å²) < 4.78 is 8.04. The zero-order valence-corrected chi connectivity index (χ0v) is 23.0. The van der Waals surface area contributed by atoms with Crippen LogP contribution in [0.15, 0.2) is 66.7 Å². The zero-order chi connectivity index (χ0) is 26.4. The van der Waals surface area contributed by atoms with E-state index in [1.807, 2.05) is 45.0 Å². The van der Waals surface area contributed by atoms with E-state index in [0.29, 0.717) is 5.56 Å². The fraction of sp³-hybridized carbons (Fsp3) is 0.394. The van der Waals surface area contributed by atoms with Crippen molar-refractivity contribution in [3.05, 3.63) is 89.2 Å². The van der Waals surface area contributed by atoms with Crippen LogP contribution in [0.1, 0.15) is 87.6 Å². The molecule has 0 aliphatic heterocycles. The van der Waals surface area contributed by atoms with Gasteiger partial charge in [0, 0.05) is 13.0 Å². The summed E-state index contributed by atoms with van der Waals surface area (Å²) in [6, 6.07) is 23.0. The summed E-state index contributed by atoms with van der Waals surface area (Å²) in [5.74, 6) is 0.861. The smallest absolute Gasteiger partial charge is 0.339 e. The fourth-order valence-corrected chi connectivity index (χ4v) is 4.67. The van der Waals surface area contributed by atoms with Crippen LogP contribution in [0.25, 0.3) is 22.2 Å². The van der Waals surface area contributed by atoms with Crippen LogP contribution >= 0.6 is 0 Å². The monoisotopic (exact) mass is 496 g/mol. The summed E-state index contributed by atoms with van der Waals surface area (Å²) >= 11 is 0. The van der Waals surface area contributed by atoms with Crippen molar-refractivity contribution in [1.29, 1.82) is 0 Å². The second-order valence-corrected chi connectivity index (χ2v) is 10.9. The van der Waals surface area contributed by atoms with Crippen LogP contribution in [-0.2, 0) is 24.1 Å². The Morgan fingerprint density at radius 2 is 1.54 bits per heavy atom. The van der Waals surface area contributed by atoms with Crippen molar-refractivity contribution in [1.82, 2.24) is 9.55 Å². The van der Waals surface area contributed by atoms with Gasteiger partial charge in [-0.3, -0.25) is 0 Å². The maximum Gasteiger partial charge on any atom is 0.339 e. The molecule has 0 bridgehead atoms. The largest absolute Gasteiger partial charge is 0.456 e. The number of hydrogen-bond acceptors (Lipinski definition) is 3. The molecule has 0 fully saturated rings. The Hall–Kier alpha value is -3.40. The van der Waals surface area contributed by atoms with E-state index in [9.17, 15) is 4.79 Å². The number of unbranched alkanes of at least 4 members (excludes halogenated alkanes) is 2. The lowest BCUT2D eigenvalue weighted by molar-refractivity contribution is 0.00704. The Bertz CT molecular complexity index is 1340. The molecule has 0 saturated carbocycles. The van der Waals surface area contributed by atoms with Crippen molar-refractivity contribution < 1.29 is 9.53 Å². The topological polar surface area (TPSA) is 44.1 Å². The Morgan fingerprint density at radius 1 is 0.865 bits per heavy atom. The minimum Gasteiger partial charge on any atom is -0.456 e. The Kier molecular flexibility index (Phi) is 8.48. The molecule has 0 atom stereocenters. The van der Waals surface area contributed by atoms with Crippen molar-refractivity contribution in [3.63, 3.8) is 0 Å². The Balaban J connectivity index is 1.63. The SMILES string of the molecule is CCCCc1ccc2nc(CCCC)n(Cc3ccc(-c4ccccc4C(=O)OC(C)(C)C)cc3)c2c1. The third kappa shape index (κ3) is 6.68. The molecule has 194 valence electrons. The molecular formula is C33H40N2O2. The lowest BCUT2D eigenvalue weighted by Crippen LogP contribution is -2.24.